The van der Waals surface area contributed by atoms with Gasteiger partial charge in [-0.25, -0.2) is 8.42 Å². The van der Waals surface area contributed by atoms with Crippen molar-refractivity contribution >= 4 is 15.7 Å². The Labute approximate surface area is 181 Å². The fourth-order valence-electron chi connectivity index (χ4n) is 3.45. The number of fused-ring (bicyclic) bond motifs is 1. The van der Waals surface area contributed by atoms with Crippen molar-refractivity contribution in [2.75, 3.05) is 19.0 Å². The summed E-state index contributed by atoms with van der Waals surface area (Å²) in [7, 11) is -3.65. The van der Waals surface area contributed by atoms with E-state index in [4.69, 9.17) is 9.47 Å². The zero-order valence-corrected chi connectivity index (χ0v) is 17.7. The molecule has 1 aliphatic heterocycles. The van der Waals surface area contributed by atoms with Crippen molar-refractivity contribution in [1.82, 2.24) is 5.32 Å². The van der Waals surface area contributed by atoms with E-state index in [1.807, 2.05) is 60.7 Å². The lowest BCUT2D eigenvalue weighted by atomic mass is 9.98. The normalized spacial score (nSPS) is 13.1. The number of carbonyl (C=O) groups is 1. The van der Waals surface area contributed by atoms with Gasteiger partial charge < -0.3 is 14.8 Å². The molecule has 6 nitrogen and oxygen atoms in total. The van der Waals surface area contributed by atoms with Crippen LogP contribution in [0.1, 0.15) is 23.6 Å². The summed E-state index contributed by atoms with van der Waals surface area (Å²) in [5, 5.41) is 2.98. The molecule has 0 unspecified atom stereocenters. The Bertz CT molecular complexity index is 1110. The molecule has 0 radical (unpaired) electrons. The Morgan fingerprint density at radius 2 is 1.42 bits per heavy atom. The first-order chi connectivity index (χ1) is 15.0. The zero-order valence-electron chi connectivity index (χ0n) is 16.9. The lowest BCUT2D eigenvalue weighted by Gasteiger charge is -2.20. The first-order valence-electron chi connectivity index (χ1n) is 10.0. The number of hydrogen-bond donors (Lipinski definition) is 1. The first kappa shape index (κ1) is 20.9. The zero-order chi connectivity index (χ0) is 21.7. The molecular formula is C24H23NO5S. The molecule has 160 valence electrons. The van der Waals surface area contributed by atoms with E-state index in [2.05, 4.69) is 5.32 Å². The van der Waals surface area contributed by atoms with Crippen molar-refractivity contribution in [1.29, 1.82) is 0 Å². The largest absolute Gasteiger partial charge is 0.486 e. The van der Waals surface area contributed by atoms with Crippen LogP contribution in [0, 0.1) is 0 Å². The van der Waals surface area contributed by atoms with Crippen molar-refractivity contribution in [3.63, 3.8) is 0 Å². The third-order valence-electron chi connectivity index (χ3n) is 5.04. The van der Waals surface area contributed by atoms with Crippen molar-refractivity contribution in [2.45, 2.75) is 17.4 Å². The monoisotopic (exact) mass is 437 g/mol. The molecule has 1 heterocycles. The summed E-state index contributed by atoms with van der Waals surface area (Å²) < 4.78 is 36.4. The van der Waals surface area contributed by atoms with Crippen LogP contribution in [0.3, 0.4) is 0 Å². The van der Waals surface area contributed by atoms with Gasteiger partial charge in [0.15, 0.2) is 21.3 Å². The van der Waals surface area contributed by atoms with Crippen LogP contribution in [-0.2, 0) is 14.6 Å². The molecule has 1 aliphatic rings. The number of ether oxygens (including phenoxy) is 2. The van der Waals surface area contributed by atoms with E-state index in [0.717, 1.165) is 11.1 Å². The quantitative estimate of drug-likeness (QED) is 0.612. The van der Waals surface area contributed by atoms with E-state index in [9.17, 15) is 13.2 Å². The van der Waals surface area contributed by atoms with E-state index in [0.29, 0.717) is 24.7 Å². The van der Waals surface area contributed by atoms with Gasteiger partial charge in [-0.05, 0) is 23.3 Å². The van der Waals surface area contributed by atoms with E-state index >= 15 is 0 Å². The van der Waals surface area contributed by atoms with E-state index in [1.54, 1.807) is 6.07 Å². The molecule has 1 N–H and O–H groups in total. The van der Waals surface area contributed by atoms with Gasteiger partial charge >= 0.3 is 0 Å². The SMILES string of the molecule is O=C(CCS(=O)(=O)c1ccc2c(c1)OCCO2)NC(c1ccccc1)c1ccccc1. The van der Waals surface area contributed by atoms with Gasteiger partial charge in [-0.3, -0.25) is 4.79 Å². The first-order valence-corrected chi connectivity index (χ1v) is 11.7. The third-order valence-corrected chi connectivity index (χ3v) is 6.76. The summed E-state index contributed by atoms with van der Waals surface area (Å²) >= 11 is 0. The number of benzene rings is 3. The van der Waals surface area contributed by atoms with Crippen LogP contribution in [0.2, 0.25) is 0 Å². The number of sulfone groups is 1. The van der Waals surface area contributed by atoms with Crippen LogP contribution < -0.4 is 14.8 Å². The Hall–Kier alpha value is -3.32. The van der Waals surface area contributed by atoms with Crippen molar-refractivity contribution in [2.24, 2.45) is 0 Å². The summed E-state index contributed by atoms with van der Waals surface area (Å²) in [6.45, 7) is 0.808. The minimum Gasteiger partial charge on any atom is -0.486 e. The van der Waals surface area contributed by atoms with Crippen LogP contribution in [0.5, 0.6) is 11.5 Å². The Morgan fingerprint density at radius 1 is 0.839 bits per heavy atom. The molecule has 1 amide bonds. The van der Waals surface area contributed by atoms with Gasteiger partial charge in [0, 0.05) is 12.5 Å². The number of amides is 1. The highest BCUT2D eigenvalue weighted by Crippen LogP contribution is 2.32. The fraction of sp³-hybridized carbons (Fsp3) is 0.208. The maximum Gasteiger partial charge on any atom is 0.221 e. The predicted octanol–water partition coefficient (Wildman–Crippen LogP) is 3.53. The van der Waals surface area contributed by atoms with Crippen LogP contribution in [0.4, 0.5) is 0 Å². The summed E-state index contributed by atoms with van der Waals surface area (Å²) in [4.78, 5) is 12.8. The van der Waals surface area contributed by atoms with Crippen molar-refractivity contribution in [3.8, 4) is 11.5 Å². The minimum atomic E-state index is -3.65. The molecule has 0 aromatic heterocycles. The molecule has 7 heteroatoms. The molecular weight excluding hydrogens is 414 g/mol. The van der Waals surface area contributed by atoms with E-state index < -0.39 is 9.84 Å². The van der Waals surface area contributed by atoms with Gasteiger partial charge in [-0.1, -0.05) is 60.7 Å². The van der Waals surface area contributed by atoms with Crippen LogP contribution in [0.25, 0.3) is 0 Å². The second kappa shape index (κ2) is 9.22. The molecule has 0 aliphatic carbocycles. The molecule has 4 rings (SSSR count). The molecule has 0 bridgehead atoms. The Kier molecular flexibility index (Phi) is 6.23. The molecule has 0 atom stereocenters. The molecule has 3 aromatic rings. The lowest BCUT2D eigenvalue weighted by molar-refractivity contribution is -0.121. The van der Waals surface area contributed by atoms with Crippen LogP contribution in [-0.4, -0.2) is 33.3 Å². The lowest BCUT2D eigenvalue weighted by Crippen LogP contribution is -2.30. The van der Waals surface area contributed by atoms with E-state index in [-0.39, 0.29) is 29.0 Å². The maximum absolute atomic E-state index is 12.8. The Morgan fingerprint density at radius 3 is 2.03 bits per heavy atom. The number of nitrogens with one attached hydrogen (secondary N) is 1. The van der Waals surface area contributed by atoms with Gasteiger partial charge in [0.25, 0.3) is 0 Å². The smallest absolute Gasteiger partial charge is 0.221 e. The molecule has 0 saturated heterocycles. The van der Waals surface area contributed by atoms with Gasteiger partial charge in [0.1, 0.15) is 13.2 Å². The molecule has 0 saturated carbocycles. The average Bonchev–Trinajstić information content (AvgIpc) is 2.82. The van der Waals surface area contributed by atoms with Gasteiger partial charge in [0.2, 0.25) is 5.91 Å². The number of hydrogen-bond acceptors (Lipinski definition) is 5. The maximum atomic E-state index is 12.8. The Balaban J connectivity index is 1.46. The van der Waals surface area contributed by atoms with E-state index in [1.165, 1.54) is 12.1 Å². The molecule has 0 spiro atoms. The number of carbonyl (C=O) groups excluding carboxylic acids is 1. The predicted molar refractivity (Wildman–Crippen MR) is 117 cm³/mol. The second-order valence-electron chi connectivity index (χ2n) is 7.20. The highest BCUT2D eigenvalue weighted by Gasteiger charge is 2.22. The third kappa shape index (κ3) is 5.06. The van der Waals surface area contributed by atoms with Crippen LogP contribution >= 0.6 is 0 Å². The molecule has 31 heavy (non-hydrogen) atoms. The highest BCUT2D eigenvalue weighted by molar-refractivity contribution is 7.91. The topological polar surface area (TPSA) is 81.7 Å². The summed E-state index contributed by atoms with van der Waals surface area (Å²) in [5.74, 6) is 0.301. The summed E-state index contributed by atoms with van der Waals surface area (Å²) in [5.41, 5.74) is 1.86. The summed E-state index contributed by atoms with van der Waals surface area (Å²) in [6.07, 6.45) is -0.146. The summed E-state index contributed by atoms with van der Waals surface area (Å²) in [6, 6.07) is 23.4. The minimum absolute atomic E-state index is 0.118. The number of rotatable bonds is 7. The second-order valence-corrected chi connectivity index (χ2v) is 9.31. The molecule has 3 aromatic carbocycles. The van der Waals surface area contributed by atoms with Crippen molar-refractivity contribution < 1.29 is 22.7 Å². The highest BCUT2D eigenvalue weighted by atomic mass is 32.2. The van der Waals surface area contributed by atoms with Gasteiger partial charge in [-0.2, -0.15) is 0 Å². The standard InChI is InChI=1S/C24H23NO5S/c26-23(25-24(18-7-3-1-4-8-18)19-9-5-2-6-10-19)13-16-31(27,28)20-11-12-21-22(17-20)30-15-14-29-21/h1-12,17,24H,13-16H2,(H,25,26). The van der Waals surface area contributed by atoms with Gasteiger partial charge in [-0.15, -0.1) is 0 Å². The average molecular weight is 438 g/mol. The van der Waals surface area contributed by atoms with Crippen LogP contribution in [0.15, 0.2) is 83.8 Å². The molecule has 0 fully saturated rings. The fourth-order valence-corrected chi connectivity index (χ4v) is 4.70. The van der Waals surface area contributed by atoms with Gasteiger partial charge in [0.05, 0.1) is 16.7 Å². The van der Waals surface area contributed by atoms with Crippen molar-refractivity contribution in [3.05, 3.63) is 90.0 Å².